The highest BCUT2D eigenvalue weighted by Gasteiger charge is 2.20. The summed E-state index contributed by atoms with van der Waals surface area (Å²) in [5.41, 5.74) is 0.733. The van der Waals surface area contributed by atoms with Gasteiger partial charge in [0.25, 0.3) is 0 Å². The summed E-state index contributed by atoms with van der Waals surface area (Å²) in [6, 6.07) is 7.51. The Hall–Kier alpha value is -1.59. The van der Waals surface area contributed by atoms with Crippen molar-refractivity contribution in [3.8, 4) is 5.75 Å². The lowest BCUT2D eigenvalue weighted by atomic mass is 9.98. The molecular weight excluding hydrogens is 314 g/mol. The summed E-state index contributed by atoms with van der Waals surface area (Å²) in [4.78, 5) is 17.1. The van der Waals surface area contributed by atoms with Crippen LogP contribution in [0.3, 0.4) is 0 Å². The van der Waals surface area contributed by atoms with Crippen molar-refractivity contribution in [3.63, 3.8) is 0 Å². The Morgan fingerprint density at radius 3 is 2.40 bits per heavy atom. The smallest absolute Gasteiger partial charge is 0.238 e. The van der Waals surface area contributed by atoms with Crippen molar-refractivity contribution in [1.82, 2.24) is 9.80 Å². The van der Waals surface area contributed by atoms with Crippen LogP contribution in [0.5, 0.6) is 5.75 Å². The average molecular weight is 348 g/mol. The van der Waals surface area contributed by atoms with E-state index < -0.39 is 0 Å². The molecular formula is C20H33N3O2. The predicted molar refractivity (Wildman–Crippen MR) is 103 cm³/mol. The maximum atomic E-state index is 12.3. The molecule has 1 fully saturated rings. The number of hydrogen-bond acceptors (Lipinski definition) is 4. The lowest BCUT2D eigenvalue weighted by Gasteiger charge is -2.35. The Kier molecular flexibility index (Phi) is 7.72. The highest BCUT2D eigenvalue weighted by Crippen LogP contribution is 2.23. The molecule has 2 rings (SSSR count). The molecule has 1 aromatic rings. The molecule has 25 heavy (non-hydrogen) atoms. The van der Waals surface area contributed by atoms with Gasteiger partial charge in [0, 0.05) is 32.7 Å². The van der Waals surface area contributed by atoms with Gasteiger partial charge >= 0.3 is 0 Å². The number of ether oxygens (including phenoxy) is 1. The summed E-state index contributed by atoms with van der Waals surface area (Å²) in [5.74, 6) is 2.21. The normalized spacial score (nSPS) is 17.5. The summed E-state index contributed by atoms with van der Waals surface area (Å²) in [6.45, 7) is 12.5. The Morgan fingerprint density at radius 1 is 1.12 bits per heavy atom. The van der Waals surface area contributed by atoms with Crippen molar-refractivity contribution >= 4 is 11.6 Å². The Morgan fingerprint density at radius 2 is 1.76 bits per heavy atom. The molecule has 5 heteroatoms. The molecule has 1 aromatic carbocycles. The largest absolute Gasteiger partial charge is 0.495 e. The van der Waals surface area contributed by atoms with E-state index in [2.05, 4.69) is 35.9 Å². The first-order valence-electron chi connectivity index (χ1n) is 9.35. The molecule has 0 spiro atoms. The molecule has 0 radical (unpaired) electrons. The molecule has 0 unspecified atom stereocenters. The van der Waals surface area contributed by atoms with Crippen LogP contribution in [0, 0.1) is 11.8 Å². The molecule has 1 amide bonds. The van der Waals surface area contributed by atoms with Gasteiger partial charge in [-0.15, -0.1) is 0 Å². The molecule has 0 saturated carbocycles. The molecule has 0 aliphatic carbocycles. The molecule has 1 aliphatic heterocycles. The second-order valence-electron chi connectivity index (χ2n) is 7.56. The average Bonchev–Trinajstić information content (AvgIpc) is 2.56. The van der Waals surface area contributed by atoms with Crippen LogP contribution in [-0.4, -0.2) is 62.1 Å². The quantitative estimate of drug-likeness (QED) is 0.785. The van der Waals surface area contributed by atoms with Gasteiger partial charge in [0.05, 0.1) is 19.3 Å². The summed E-state index contributed by atoms with van der Waals surface area (Å²) in [6.07, 6.45) is 1.28. The fourth-order valence-electron chi connectivity index (χ4n) is 3.59. The fourth-order valence-corrected chi connectivity index (χ4v) is 3.59. The minimum absolute atomic E-state index is 0.0196. The zero-order valence-electron chi connectivity index (χ0n) is 16.1. The van der Waals surface area contributed by atoms with Crippen LogP contribution >= 0.6 is 0 Å². The van der Waals surface area contributed by atoms with Gasteiger partial charge in [-0.1, -0.05) is 32.9 Å². The number of piperazine rings is 1. The van der Waals surface area contributed by atoms with E-state index in [0.717, 1.165) is 43.7 Å². The predicted octanol–water partition coefficient (Wildman–Crippen LogP) is 2.93. The van der Waals surface area contributed by atoms with Crippen LogP contribution in [0.1, 0.15) is 27.2 Å². The van der Waals surface area contributed by atoms with E-state index in [4.69, 9.17) is 4.74 Å². The number of carbonyl (C=O) groups is 1. The van der Waals surface area contributed by atoms with Crippen LogP contribution in [0.2, 0.25) is 0 Å². The number of amides is 1. The van der Waals surface area contributed by atoms with Crippen molar-refractivity contribution in [2.75, 3.05) is 51.7 Å². The number of rotatable bonds is 8. The van der Waals surface area contributed by atoms with Crippen molar-refractivity contribution in [2.24, 2.45) is 11.8 Å². The minimum atomic E-state index is 0.0196. The minimum Gasteiger partial charge on any atom is -0.495 e. The zero-order valence-corrected chi connectivity index (χ0v) is 16.1. The van der Waals surface area contributed by atoms with Crippen molar-refractivity contribution in [1.29, 1.82) is 0 Å². The first-order valence-corrected chi connectivity index (χ1v) is 9.35. The van der Waals surface area contributed by atoms with Gasteiger partial charge < -0.3 is 15.0 Å². The van der Waals surface area contributed by atoms with Crippen LogP contribution < -0.4 is 10.1 Å². The Balaban J connectivity index is 1.73. The van der Waals surface area contributed by atoms with Crippen molar-refractivity contribution in [3.05, 3.63) is 24.3 Å². The number of methoxy groups -OCH3 is 1. The van der Waals surface area contributed by atoms with E-state index in [9.17, 15) is 4.79 Å². The fraction of sp³-hybridized carbons (Fsp3) is 0.650. The second kappa shape index (κ2) is 9.78. The maximum absolute atomic E-state index is 12.3. The highest BCUT2D eigenvalue weighted by atomic mass is 16.5. The molecule has 0 bridgehead atoms. The summed E-state index contributed by atoms with van der Waals surface area (Å²) < 4.78 is 5.28. The van der Waals surface area contributed by atoms with Crippen LogP contribution in [0.15, 0.2) is 24.3 Å². The maximum Gasteiger partial charge on any atom is 0.238 e. The molecule has 1 saturated heterocycles. The molecule has 1 N–H and O–H groups in total. The first-order chi connectivity index (χ1) is 12.0. The van der Waals surface area contributed by atoms with Gasteiger partial charge in [-0.25, -0.2) is 0 Å². The third kappa shape index (κ3) is 6.67. The monoisotopic (exact) mass is 347 g/mol. The van der Waals surface area contributed by atoms with Gasteiger partial charge in [0.15, 0.2) is 0 Å². The Bertz CT molecular complexity index is 539. The first kappa shape index (κ1) is 19.7. The highest BCUT2D eigenvalue weighted by molar-refractivity contribution is 5.93. The topological polar surface area (TPSA) is 44.8 Å². The number of nitrogens with zero attached hydrogens (tertiary/aromatic N) is 2. The van der Waals surface area contributed by atoms with Crippen molar-refractivity contribution < 1.29 is 9.53 Å². The molecule has 5 nitrogen and oxygen atoms in total. The van der Waals surface area contributed by atoms with E-state index in [-0.39, 0.29) is 5.91 Å². The molecule has 0 aromatic heterocycles. The number of carbonyl (C=O) groups excluding carboxylic acids is 1. The van der Waals surface area contributed by atoms with Gasteiger partial charge in [0.2, 0.25) is 5.91 Å². The number of benzene rings is 1. The third-order valence-electron chi connectivity index (χ3n) is 4.66. The molecule has 1 aliphatic rings. The van der Waals surface area contributed by atoms with Crippen LogP contribution in [0.4, 0.5) is 5.69 Å². The lowest BCUT2D eigenvalue weighted by Crippen LogP contribution is -2.49. The lowest BCUT2D eigenvalue weighted by molar-refractivity contribution is -0.117. The van der Waals surface area contributed by atoms with E-state index in [1.54, 1.807) is 7.11 Å². The van der Waals surface area contributed by atoms with E-state index in [1.165, 1.54) is 13.0 Å². The van der Waals surface area contributed by atoms with Gasteiger partial charge in [0.1, 0.15) is 5.75 Å². The number of para-hydroxylation sites is 2. The molecule has 1 atom stereocenters. The number of nitrogens with one attached hydrogen (secondary N) is 1. The van der Waals surface area contributed by atoms with Gasteiger partial charge in [-0.3, -0.25) is 9.69 Å². The summed E-state index contributed by atoms with van der Waals surface area (Å²) in [7, 11) is 1.62. The van der Waals surface area contributed by atoms with Crippen LogP contribution in [-0.2, 0) is 4.79 Å². The second-order valence-corrected chi connectivity index (χ2v) is 7.56. The third-order valence-corrected chi connectivity index (χ3v) is 4.66. The van der Waals surface area contributed by atoms with E-state index in [1.807, 2.05) is 24.3 Å². The standard InChI is InChI=1S/C20H33N3O2/c1-16(2)13-17(3)14-22-9-11-23(12-10-22)15-20(24)21-18-7-5-6-8-19(18)25-4/h5-8,16-17H,9-15H2,1-4H3,(H,21,24)/t17-/m0/s1. The van der Waals surface area contributed by atoms with E-state index in [0.29, 0.717) is 12.3 Å². The molecule has 1 heterocycles. The van der Waals surface area contributed by atoms with Crippen LogP contribution in [0.25, 0.3) is 0 Å². The van der Waals surface area contributed by atoms with Gasteiger partial charge in [-0.2, -0.15) is 0 Å². The van der Waals surface area contributed by atoms with E-state index >= 15 is 0 Å². The van der Waals surface area contributed by atoms with Gasteiger partial charge in [-0.05, 0) is 30.4 Å². The van der Waals surface area contributed by atoms with Crippen molar-refractivity contribution in [2.45, 2.75) is 27.2 Å². The number of hydrogen-bond donors (Lipinski definition) is 1. The molecule has 140 valence electrons. The summed E-state index contributed by atoms with van der Waals surface area (Å²) >= 11 is 0. The SMILES string of the molecule is COc1ccccc1NC(=O)CN1CCN(C[C@@H](C)CC(C)C)CC1. The summed E-state index contributed by atoms with van der Waals surface area (Å²) in [5, 5.41) is 2.95. The zero-order chi connectivity index (χ0) is 18.2. The number of anilines is 1. The Labute approximate surface area is 152 Å².